The van der Waals surface area contributed by atoms with Gasteiger partial charge in [-0.25, -0.2) is 0 Å². The van der Waals surface area contributed by atoms with Crippen molar-refractivity contribution in [1.29, 1.82) is 0 Å². The lowest BCUT2D eigenvalue weighted by Gasteiger charge is -2.30. The highest BCUT2D eigenvalue weighted by Crippen LogP contribution is 2.38. The second-order valence-corrected chi connectivity index (χ2v) is 25.4. The van der Waals surface area contributed by atoms with Crippen molar-refractivity contribution in [2.24, 2.45) is 0 Å². The van der Waals surface area contributed by atoms with Crippen LogP contribution in [0.25, 0.3) is 0 Å². The highest BCUT2D eigenvalue weighted by Gasteiger charge is 2.27. The van der Waals surface area contributed by atoms with Crippen molar-refractivity contribution in [3.05, 3.63) is 72.9 Å². The Morgan fingerprint density at radius 3 is 1.20 bits per heavy atom. The number of unbranched alkanes of at least 4 members (excludes halogenated alkanes) is 35. The van der Waals surface area contributed by atoms with Gasteiger partial charge in [-0.15, -0.1) is 0 Å². The SMILES string of the molecule is CC/C=C\C/C=C\C/C=C\C/C=C\C/C=C\CCCCCCCCCCCCCC(=O)NC(COP(=O)([O-])OCC[N+](C)(C)C)C(/C=C\CCCCCCCCCCCC)OC(=O)CCCCCCCCCCCCCCCCC. The monoisotopic (exact) mass is 1140 g/mol. The molecule has 0 bridgehead atoms. The smallest absolute Gasteiger partial charge is 0.306 e. The number of phosphoric acid groups is 1. The summed E-state index contributed by atoms with van der Waals surface area (Å²) in [6, 6.07) is -0.890. The third kappa shape index (κ3) is 60.1. The maximum atomic E-state index is 13.6. The standard InChI is InChI=1S/C70H129N2O7P/c1-7-10-13-16-19-22-25-28-30-31-32-33-34-35-36-37-38-39-40-41-43-44-47-50-53-56-59-62-69(73)71-67(66-78-80(75,76)77-65-64-72(4,5)6)68(61-58-55-52-49-46-27-24-21-18-15-12-9-3)79-70(74)63-60-57-54-51-48-45-42-29-26-23-20-17-14-11-8-2/h10,13,19,22,28,30,32-33,35-36,58,61,67-68H,7-9,11-12,14-18,20-21,23-27,29,31,34,37-57,59-60,62-66H2,1-6H3,(H-,71,73,75,76)/b13-10-,22-19-,30-28-,33-32-,36-35-,61-58-. The van der Waals surface area contributed by atoms with Crippen LogP contribution in [0.2, 0.25) is 0 Å². The van der Waals surface area contributed by atoms with Gasteiger partial charge < -0.3 is 28.5 Å². The minimum atomic E-state index is -4.70. The number of nitrogens with one attached hydrogen (secondary N) is 1. The molecular formula is C70H129N2O7P. The van der Waals surface area contributed by atoms with E-state index in [0.29, 0.717) is 17.4 Å². The van der Waals surface area contributed by atoms with E-state index < -0.39 is 20.0 Å². The molecule has 1 N–H and O–H groups in total. The molecular weight excluding hydrogens is 1010 g/mol. The third-order valence-corrected chi connectivity index (χ3v) is 15.9. The van der Waals surface area contributed by atoms with Crippen LogP contribution in [-0.4, -0.2) is 69.4 Å². The number of carbonyl (C=O) groups is 2. The summed E-state index contributed by atoms with van der Waals surface area (Å²) in [5, 5.41) is 3.04. The fraction of sp³-hybridized carbons (Fsp3) is 0.800. The fourth-order valence-electron chi connectivity index (χ4n) is 9.73. The Hall–Kier alpha value is -2.55. The second kappa shape index (κ2) is 59.6. The second-order valence-electron chi connectivity index (χ2n) is 24.0. The highest BCUT2D eigenvalue weighted by molar-refractivity contribution is 7.45. The van der Waals surface area contributed by atoms with Gasteiger partial charge in [-0.1, -0.05) is 293 Å². The number of hydrogen-bond donors (Lipinski definition) is 1. The molecule has 9 nitrogen and oxygen atoms in total. The van der Waals surface area contributed by atoms with Crippen molar-refractivity contribution in [2.75, 3.05) is 40.9 Å². The third-order valence-electron chi connectivity index (χ3n) is 14.9. The molecule has 0 saturated heterocycles. The van der Waals surface area contributed by atoms with Gasteiger partial charge in [0.2, 0.25) is 5.91 Å². The largest absolute Gasteiger partial charge is 0.756 e. The Morgan fingerprint density at radius 2 is 0.800 bits per heavy atom. The van der Waals surface area contributed by atoms with Crippen LogP contribution >= 0.6 is 7.82 Å². The van der Waals surface area contributed by atoms with E-state index >= 15 is 0 Å². The molecule has 0 fully saturated rings. The molecule has 80 heavy (non-hydrogen) atoms. The molecule has 0 heterocycles. The summed E-state index contributed by atoms with van der Waals surface area (Å²) < 4.78 is 30.4. The first-order valence-corrected chi connectivity index (χ1v) is 35.2. The van der Waals surface area contributed by atoms with Gasteiger partial charge in [0.05, 0.1) is 33.8 Å². The number of quaternary nitrogens is 1. The van der Waals surface area contributed by atoms with Crippen molar-refractivity contribution in [2.45, 2.75) is 322 Å². The van der Waals surface area contributed by atoms with Crippen molar-refractivity contribution in [3.8, 4) is 0 Å². The first kappa shape index (κ1) is 77.5. The van der Waals surface area contributed by atoms with Gasteiger partial charge in [0.15, 0.2) is 0 Å². The zero-order valence-corrected chi connectivity index (χ0v) is 54.2. The van der Waals surface area contributed by atoms with Crippen LogP contribution in [0, 0.1) is 0 Å². The van der Waals surface area contributed by atoms with E-state index in [1.165, 1.54) is 180 Å². The zero-order chi connectivity index (χ0) is 58.6. The molecule has 1 amide bonds. The Balaban J connectivity index is 5.05. The average molecular weight is 1140 g/mol. The first-order valence-electron chi connectivity index (χ1n) is 33.7. The van der Waals surface area contributed by atoms with Crippen LogP contribution in [0.4, 0.5) is 0 Å². The number of carbonyl (C=O) groups excluding carboxylic acids is 2. The van der Waals surface area contributed by atoms with E-state index in [9.17, 15) is 19.0 Å². The quantitative estimate of drug-likeness (QED) is 0.0212. The molecule has 0 spiro atoms. The van der Waals surface area contributed by atoms with E-state index in [1.807, 2.05) is 33.3 Å². The molecule has 0 aromatic carbocycles. The van der Waals surface area contributed by atoms with E-state index in [-0.39, 0.29) is 31.5 Å². The molecule has 0 aliphatic carbocycles. The molecule has 3 atom stereocenters. The fourth-order valence-corrected chi connectivity index (χ4v) is 10.5. The molecule has 0 aromatic rings. The number of phosphoric ester groups is 1. The molecule has 0 aromatic heterocycles. The number of rotatable bonds is 61. The van der Waals surface area contributed by atoms with Crippen LogP contribution in [-0.2, 0) is 27.9 Å². The predicted molar refractivity (Wildman–Crippen MR) is 344 cm³/mol. The van der Waals surface area contributed by atoms with Gasteiger partial charge >= 0.3 is 5.97 Å². The molecule has 3 unspecified atom stereocenters. The van der Waals surface area contributed by atoms with Gasteiger partial charge in [-0.2, -0.15) is 0 Å². The van der Waals surface area contributed by atoms with Gasteiger partial charge in [0.1, 0.15) is 19.3 Å². The number of allylic oxidation sites excluding steroid dienone is 11. The first-order chi connectivity index (χ1) is 38.9. The number of ether oxygens (including phenoxy) is 1. The van der Waals surface area contributed by atoms with E-state index in [1.54, 1.807) is 0 Å². The van der Waals surface area contributed by atoms with E-state index in [0.717, 1.165) is 96.3 Å². The lowest BCUT2D eigenvalue weighted by atomic mass is 10.0. The number of likely N-dealkylation sites (N-methyl/N-ethyl adjacent to an activating group) is 1. The maximum absolute atomic E-state index is 13.6. The number of esters is 1. The molecule has 0 saturated carbocycles. The van der Waals surface area contributed by atoms with Gasteiger partial charge in [-0.3, -0.25) is 14.2 Å². The molecule has 10 heteroatoms. The zero-order valence-electron chi connectivity index (χ0n) is 53.3. The minimum Gasteiger partial charge on any atom is -0.756 e. The summed E-state index contributed by atoms with van der Waals surface area (Å²) in [6.07, 6.45) is 77.3. The van der Waals surface area contributed by atoms with Crippen LogP contribution in [0.1, 0.15) is 310 Å². The summed E-state index contributed by atoms with van der Waals surface area (Å²) in [6.45, 7) is 6.75. The van der Waals surface area contributed by atoms with Gasteiger partial charge in [-0.05, 0) is 76.7 Å². The minimum absolute atomic E-state index is 0.0231. The normalized spacial score (nSPS) is 14.0. The number of hydrogen-bond acceptors (Lipinski definition) is 7. The molecule has 0 aliphatic heterocycles. The predicted octanol–water partition coefficient (Wildman–Crippen LogP) is 20.5. The van der Waals surface area contributed by atoms with Crippen LogP contribution in [0.3, 0.4) is 0 Å². The summed E-state index contributed by atoms with van der Waals surface area (Å²) in [5.41, 5.74) is 0. The topological polar surface area (TPSA) is 114 Å². The highest BCUT2D eigenvalue weighted by atomic mass is 31.2. The molecule has 466 valence electrons. The summed E-state index contributed by atoms with van der Waals surface area (Å²) in [7, 11) is 1.19. The average Bonchev–Trinajstić information content (AvgIpc) is 3.42. The Labute approximate surface area is 495 Å². The summed E-state index contributed by atoms with van der Waals surface area (Å²) in [5.74, 6) is -0.535. The molecule has 0 rings (SSSR count). The molecule has 0 aliphatic rings. The van der Waals surface area contributed by atoms with Crippen LogP contribution < -0.4 is 10.2 Å². The van der Waals surface area contributed by atoms with Gasteiger partial charge in [0, 0.05) is 12.8 Å². The summed E-state index contributed by atoms with van der Waals surface area (Å²) >= 11 is 0. The lowest BCUT2D eigenvalue weighted by molar-refractivity contribution is -0.870. The van der Waals surface area contributed by atoms with Gasteiger partial charge in [0.25, 0.3) is 7.82 Å². The Bertz CT molecular complexity index is 1600. The van der Waals surface area contributed by atoms with Crippen molar-refractivity contribution in [3.63, 3.8) is 0 Å². The van der Waals surface area contributed by atoms with Crippen molar-refractivity contribution in [1.82, 2.24) is 5.32 Å². The summed E-state index contributed by atoms with van der Waals surface area (Å²) in [4.78, 5) is 40.1. The number of nitrogens with zero attached hydrogens (tertiary/aromatic N) is 1. The Morgan fingerprint density at radius 1 is 0.450 bits per heavy atom. The molecule has 0 radical (unpaired) electrons. The number of amides is 1. The van der Waals surface area contributed by atoms with Crippen LogP contribution in [0.15, 0.2) is 72.9 Å². The van der Waals surface area contributed by atoms with E-state index in [4.69, 9.17) is 13.8 Å². The Kier molecular flexibility index (Phi) is 57.7. The van der Waals surface area contributed by atoms with Crippen molar-refractivity contribution >= 4 is 19.7 Å². The van der Waals surface area contributed by atoms with Crippen molar-refractivity contribution < 1.29 is 37.3 Å². The maximum Gasteiger partial charge on any atom is 0.306 e. The van der Waals surface area contributed by atoms with E-state index in [2.05, 4.69) is 86.8 Å². The van der Waals surface area contributed by atoms with Crippen LogP contribution in [0.5, 0.6) is 0 Å². The lowest BCUT2D eigenvalue weighted by Crippen LogP contribution is -2.47.